The van der Waals surface area contributed by atoms with E-state index in [9.17, 15) is 4.79 Å². The Morgan fingerprint density at radius 2 is 1.93 bits per heavy atom. The van der Waals surface area contributed by atoms with E-state index in [4.69, 9.17) is 0 Å². The molecular formula is C24H33N3O. The molecule has 4 rings (SSSR count). The highest BCUT2D eigenvalue weighted by molar-refractivity contribution is 5.64. The third kappa shape index (κ3) is 4.23. The quantitative estimate of drug-likeness (QED) is 0.642. The number of likely N-dealkylation sites (tertiary alicyclic amines) is 1. The van der Waals surface area contributed by atoms with Crippen molar-refractivity contribution in [3.8, 4) is 0 Å². The lowest BCUT2D eigenvalue weighted by Crippen LogP contribution is -2.39. The average molecular weight is 380 g/mol. The van der Waals surface area contributed by atoms with E-state index in [0.29, 0.717) is 5.92 Å². The maximum atomic E-state index is 11.7. The van der Waals surface area contributed by atoms with Gasteiger partial charge in [0, 0.05) is 38.1 Å². The second-order valence-corrected chi connectivity index (χ2v) is 8.48. The normalized spacial score (nSPS) is 21.1. The van der Waals surface area contributed by atoms with E-state index in [1.165, 1.54) is 48.9 Å². The van der Waals surface area contributed by atoms with Gasteiger partial charge in [-0.25, -0.2) is 0 Å². The van der Waals surface area contributed by atoms with Gasteiger partial charge in [-0.1, -0.05) is 37.6 Å². The molecule has 1 fully saturated rings. The molecule has 0 aliphatic carbocycles. The molecule has 28 heavy (non-hydrogen) atoms. The summed E-state index contributed by atoms with van der Waals surface area (Å²) in [7, 11) is 0. The number of rotatable bonds is 8. The van der Waals surface area contributed by atoms with Gasteiger partial charge in [-0.2, -0.15) is 0 Å². The van der Waals surface area contributed by atoms with Crippen molar-refractivity contribution in [3.05, 3.63) is 59.4 Å². The van der Waals surface area contributed by atoms with E-state index in [-0.39, 0.29) is 6.04 Å². The summed E-state index contributed by atoms with van der Waals surface area (Å²) in [6.45, 7) is 7.54. The number of aldehydes is 1. The highest BCUT2D eigenvalue weighted by atomic mass is 16.1. The van der Waals surface area contributed by atoms with Crippen LogP contribution in [0.1, 0.15) is 55.5 Å². The van der Waals surface area contributed by atoms with Crippen molar-refractivity contribution in [2.24, 2.45) is 5.92 Å². The number of nitrogens with zero attached hydrogens (tertiary/aromatic N) is 3. The molecule has 1 unspecified atom stereocenters. The predicted octanol–water partition coefficient (Wildman–Crippen LogP) is 4.26. The lowest BCUT2D eigenvalue weighted by Gasteiger charge is -2.35. The van der Waals surface area contributed by atoms with Crippen molar-refractivity contribution < 1.29 is 4.79 Å². The average Bonchev–Trinajstić information content (AvgIpc) is 3.31. The van der Waals surface area contributed by atoms with Crippen LogP contribution in [-0.2, 0) is 24.4 Å². The third-order valence-electron chi connectivity index (χ3n) is 6.53. The Balaban J connectivity index is 1.28. The van der Waals surface area contributed by atoms with Crippen molar-refractivity contribution in [1.82, 2.24) is 14.4 Å². The zero-order chi connectivity index (χ0) is 19.3. The first-order valence-electron chi connectivity index (χ1n) is 10.9. The number of fused-ring (bicyclic) bond motifs is 1. The molecule has 1 atom stereocenters. The van der Waals surface area contributed by atoms with E-state index < -0.39 is 0 Å². The maximum absolute atomic E-state index is 11.7. The maximum Gasteiger partial charge on any atom is 0.141 e. The van der Waals surface area contributed by atoms with E-state index in [2.05, 4.69) is 57.8 Å². The molecule has 150 valence electrons. The van der Waals surface area contributed by atoms with Crippen LogP contribution in [0.3, 0.4) is 0 Å². The first kappa shape index (κ1) is 19.4. The summed E-state index contributed by atoms with van der Waals surface area (Å²) < 4.78 is 2.43. The summed E-state index contributed by atoms with van der Waals surface area (Å²) >= 11 is 0. The van der Waals surface area contributed by atoms with Crippen LogP contribution < -0.4 is 0 Å². The van der Waals surface area contributed by atoms with Gasteiger partial charge in [0.2, 0.25) is 0 Å². The topological polar surface area (TPSA) is 28.5 Å². The Morgan fingerprint density at radius 3 is 2.71 bits per heavy atom. The second-order valence-electron chi connectivity index (χ2n) is 8.48. The number of carbonyl (C=O) groups is 1. The van der Waals surface area contributed by atoms with E-state index >= 15 is 0 Å². The van der Waals surface area contributed by atoms with Gasteiger partial charge in [0.1, 0.15) is 6.29 Å². The van der Waals surface area contributed by atoms with E-state index in [1.54, 1.807) is 0 Å². The number of carbonyl (C=O) groups excluding carboxylic acids is 1. The molecule has 4 heteroatoms. The Kier molecular flexibility index (Phi) is 6.28. The summed E-state index contributed by atoms with van der Waals surface area (Å²) in [5.74, 6) is 0.692. The number of unbranched alkanes of at least 4 members (excludes halogenated alkanes) is 1. The van der Waals surface area contributed by atoms with Crippen LogP contribution in [0.5, 0.6) is 0 Å². The largest absolute Gasteiger partial charge is 0.338 e. The van der Waals surface area contributed by atoms with Crippen LogP contribution in [0.25, 0.3) is 0 Å². The van der Waals surface area contributed by atoms with Crippen LogP contribution in [0.2, 0.25) is 0 Å². The Morgan fingerprint density at radius 1 is 1.11 bits per heavy atom. The van der Waals surface area contributed by atoms with Crippen molar-refractivity contribution in [2.45, 2.75) is 58.3 Å². The monoisotopic (exact) mass is 379 g/mol. The summed E-state index contributed by atoms with van der Waals surface area (Å²) in [6, 6.07) is 12.8. The molecule has 2 aromatic rings. The van der Waals surface area contributed by atoms with E-state index in [0.717, 1.165) is 39.1 Å². The Bertz CT molecular complexity index is 776. The Labute approximate surface area is 169 Å². The first-order valence-corrected chi connectivity index (χ1v) is 10.9. The van der Waals surface area contributed by atoms with Gasteiger partial charge >= 0.3 is 0 Å². The first-order chi connectivity index (χ1) is 13.8. The van der Waals surface area contributed by atoms with Gasteiger partial charge in [0.25, 0.3) is 0 Å². The molecule has 1 saturated heterocycles. The van der Waals surface area contributed by atoms with Crippen LogP contribution >= 0.6 is 0 Å². The van der Waals surface area contributed by atoms with Crippen molar-refractivity contribution in [2.75, 3.05) is 19.6 Å². The second kappa shape index (κ2) is 9.06. The standard InChI is InChI=1S/C24H33N3O/c1-2-3-8-22-9-6-13-26(22)19-25-14-11-20(12-15-25)16-27-17-21-7-4-5-10-23(21)24(27)18-28/h4-7,9-10,13,18,20,24H,2-3,8,11-12,14-17,19H2,1H3. The summed E-state index contributed by atoms with van der Waals surface area (Å²) in [5.41, 5.74) is 4.00. The number of piperidine rings is 1. The van der Waals surface area contributed by atoms with Gasteiger partial charge in [-0.15, -0.1) is 0 Å². The molecule has 0 radical (unpaired) electrons. The summed E-state index contributed by atoms with van der Waals surface area (Å²) in [4.78, 5) is 16.7. The van der Waals surface area contributed by atoms with Crippen molar-refractivity contribution >= 4 is 6.29 Å². The fraction of sp³-hybridized carbons (Fsp3) is 0.542. The summed E-state index contributed by atoms with van der Waals surface area (Å²) in [6.07, 6.45) is 9.51. The number of hydrogen-bond acceptors (Lipinski definition) is 3. The molecule has 0 spiro atoms. The van der Waals surface area contributed by atoms with Gasteiger partial charge in [-0.3, -0.25) is 9.80 Å². The molecule has 2 aliphatic rings. The molecule has 0 N–H and O–H groups in total. The number of benzene rings is 1. The van der Waals surface area contributed by atoms with Gasteiger partial charge < -0.3 is 9.36 Å². The number of aryl methyl sites for hydroxylation is 1. The van der Waals surface area contributed by atoms with Gasteiger partial charge in [0.15, 0.2) is 0 Å². The molecule has 1 aromatic heterocycles. The van der Waals surface area contributed by atoms with Crippen LogP contribution in [0.15, 0.2) is 42.6 Å². The predicted molar refractivity (Wildman–Crippen MR) is 113 cm³/mol. The van der Waals surface area contributed by atoms with Crippen molar-refractivity contribution in [1.29, 1.82) is 0 Å². The zero-order valence-electron chi connectivity index (χ0n) is 17.1. The zero-order valence-corrected chi connectivity index (χ0v) is 17.1. The number of aromatic nitrogens is 1. The molecule has 3 heterocycles. The highest BCUT2D eigenvalue weighted by Crippen LogP contribution is 2.34. The fourth-order valence-electron chi connectivity index (χ4n) is 4.85. The smallest absolute Gasteiger partial charge is 0.141 e. The lowest BCUT2D eigenvalue weighted by atomic mass is 9.96. The Hall–Kier alpha value is -1.91. The lowest BCUT2D eigenvalue weighted by molar-refractivity contribution is -0.112. The molecule has 0 bridgehead atoms. The van der Waals surface area contributed by atoms with E-state index in [1.807, 2.05) is 6.07 Å². The van der Waals surface area contributed by atoms with Crippen LogP contribution in [0, 0.1) is 5.92 Å². The molecule has 1 aromatic carbocycles. The molecule has 0 saturated carbocycles. The minimum atomic E-state index is -0.0461. The van der Waals surface area contributed by atoms with Gasteiger partial charge in [-0.05, 0) is 54.9 Å². The SMILES string of the molecule is CCCCc1cccn1CN1CCC(CN2Cc3ccccc3C2C=O)CC1. The molecule has 0 amide bonds. The van der Waals surface area contributed by atoms with Crippen molar-refractivity contribution in [3.63, 3.8) is 0 Å². The minimum Gasteiger partial charge on any atom is -0.338 e. The van der Waals surface area contributed by atoms with Crippen LogP contribution in [-0.4, -0.2) is 40.3 Å². The molecular weight excluding hydrogens is 346 g/mol. The van der Waals surface area contributed by atoms with Gasteiger partial charge in [0.05, 0.1) is 12.7 Å². The molecule has 4 nitrogen and oxygen atoms in total. The fourth-order valence-corrected chi connectivity index (χ4v) is 4.85. The minimum absolute atomic E-state index is 0.0461. The highest BCUT2D eigenvalue weighted by Gasteiger charge is 2.32. The summed E-state index contributed by atoms with van der Waals surface area (Å²) in [5, 5.41) is 0. The van der Waals surface area contributed by atoms with Crippen LogP contribution in [0.4, 0.5) is 0 Å². The molecule has 2 aliphatic heterocycles. The number of hydrogen-bond donors (Lipinski definition) is 0. The third-order valence-corrected chi connectivity index (χ3v) is 6.53.